The molecule has 0 fully saturated rings. The third kappa shape index (κ3) is 3.83. The number of halogens is 6. The number of imidazole rings is 1. The van der Waals surface area contributed by atoms with E-state index in [-0.39, 0.29) is 17.0 Å². The highest BCUT2D eigenvalue weighted by molar-refractivity contribution is 9.10. The summed E-state index contributed by atoms with van der Waals surface area (Å²) in [4.78, 5) is 17.9. The maximum atomic E-state index is 13.4. The molecule has 0 aliphatic carbocycles. The normalized spacial score (nSPS) is 14.1. The molecule has 0 amide bonds. The average Bonchev–Trinajstić information content (AvgIpc) is 2.99. The van der Waals surface area contributed by atoms with Gasteiger partial charge in [-0.05, 0) is 33.6 Å². The van der Waals surface area contributed by atoms with Gasteiger partial charge in [0.1, 0.15) is 21.3 Å². The van der Waals surface area contributed by atoms with E-state index in [1.165, 1.54) is 6.20 Å². The predicted molar refractivity (Wildman–Crippen MR) is 105 cm³/mol. The standard InChI is InChI=1S/C18H13BrClF4N5O/c19-16-12(5-9-1-2-10(21)6-11(9)18(22,23)24)29-4-3-28(8-14(29)26-16)13-7-25-27-17(30)15(13)20/h1-2,6-7H,3-5,8H2,(H,27,30). The van der Waals surface area contributed by atoms with E-state index in [2.05, 4.69) is 31.1 Å². The van der Waals surface area contributed by atoms with Crippen molar-refractivity contribution in [3.05, 3.63) is 72.8 Å². The first kappa shape index (κ1) is 20.9. The minimum Gasteiger partial charge on any atom is -0.360 e. The van der Waals surface area contributed by atoms with Gasteiger partial charge < -0.3 is 9.47 Å². The Balaban J connectivity index is 1.67. The summed E-state index contributed by atoms with van der Waals surface area (Å²) in [5.41, 5.74) is -0.566. The largest absolute Gasteiger partial charge is 0.416 e. The lowest BCUT2D eigenvalue weighted by Crippen LogP contribution is -2.35. The minimum atomic E-state index is -4.67. The Hall–Kier alpha value is -2.40. The third-order valence-electron chi connectivity index (χ3n) is 4.88. The number of anilines is 1. The molecule has 0 saturated heterocycles. The summed E-state index contributed by atoms with van der Waals surface area (Å²) in [6.45, 7) is 1.15. The molecule has 3 heterocycles. The van der Waals surface area contributed by atoms with Crippen LogP contribution in [0.5, 0.6) is 0 Å². The van der Waals surface area contributed by atoms with Gasteiger partial charge >= 0.3 is 6.18 Å². The number of aromatic amines is 1. The summed E-state index contributed by atoms with van der Waals surface area (Å²) in [6, 6.07) is 2.65. The fourth-order valence-corrected chi connectivity index (χ4v) is 4.25. The molecule has 1 N–H and O–H groups in total. The maximum absolute atomic E-state index is 13.4. The number of fused-ring (bicyclic) bond motifs is 1. The van der Waals surface area contributed by atoms with Gasteiger partial charge in [-0.1, -0.05) is 17.7 Å². The van der Waals surface area contributed by atoms with E-state index in [1.807, 2.05) is 9.47 Å². The summed E-state index contributed by atoms with van der Waals surface area (Å²) in [5, 5.41) is 6.01. The van der Waals surface area contributed by atoms with E-state index in [0.29, 0.717) is 47.5 Å². The van der Waals surface area contributed by atoms with Gasteiger partial charge in [-0.2, -0.15) is 18.3 Å². The lowest BCUT2D eigenvalue weighted by molar-refractivity contribution is -0.138. The van der Waals surface area contributed by atoms with E-state index < -0.39 is 23.1 Å². The Bertz CT molecular complexity index is 1180. The fraction of sp³-hybridized carbons (Fsp3) is 0.278. The van der Waals surface area contributed by atoms with Crippen LogP contribution in [0, 0.1) is 5.82 Å². The van der Waals surface area contributed by atoms with Crippen LogP contribution in [0.4, 0.5) is 23.2 Å². The predicted octanol–water partition coefficient (Wildman–Crippen LogP) is 4.15. The molecular weight excluding hydrogens is 494 g/mol. The molecule has 1 aromatic carbocycles. The molecule has 0 saturated carbocycles. The quantitative estimate of drug-likeness (QED) is 0.542. The SMILES string of the molecule is O=c1[nH]ncc(N2CCn3c(nc(Br)c3Cc3ccc(F)cc3C(F)(F)F)C2)c1Cl. The number of benzene rings is 1. The Labute approximate surface area is 180 Å². The molecular formula is C18H13BrClF4N5O. The molecule has 0 bridgehead atoms. The molecule has 12 heteroatoms. The van der Waals surface area contributed by atoms with Crippen molar-refractivity contribution < 1.29 is 17.6 Å². The van der Waals surface area contributed by atoms with Gasteiger partial charge in [0.25, 0.3) is 5.56 Å². The number of aromatic nitrogens is 4. The molecule has 158 valence electrons. The summed E-state index contributed by atoms with van der Waals surface area (Å²) < 4.78 is 55.7. The third-order valence-corrected chi connectivity index (χ3v) is 5.88. The van der Waals surface area contributed by atoms with E-state index in [1.54, 1.807) is 0 Å². The van der Waals surface area contributed by atoms with Crippen LogP contribution in [-0.4, -0.2) is 26.3 Å². The molecule has 3 aromatic rings. The zero-order chi connectivity index (χ0) is 21.6. The van der Waals surface area contributed by atoms with Gasteiger partial charge in [0.05, 0.1) is 29.7 Å². The van der Waals surface area contributed by atoms with Crippen LogP contribution in [0.3, 0.4) is 0 Å². The van der Waals surface area contributed by atoms with Crippen LogP contribution < -0.4 is 10.5 Å². The second kappa shape index (κ2) is 7.69. The Kier molecular flexibility index (Phi) is 5.35. The number of nitrogens with one attached hydrogen (secondary N) is 1. The monoisotopic (exact) mass is 505 g/mol. The zero-order valence-corrected chi connectivity index (χ0v) is 17.4. The number of H-pyrrole nitrogens is 1. The van der Waals surface area contributed by atoms with Gasteiger partial charge in [0.2, 0.25) is 0 Å². The topological polar surface area (TPSA) is 66.8 Å². The Morgan fingerprint density at radius 1 is 1.27 bits per heavy atom. The van der Waals surface area contributed by atoms with Gasteiger partial charge in [-0.3, -0.25) is 4.79 Å². The van der Waals surface area contributed by atoms with Crippen molar-refractivity contribution in [3.8, 4) is 0 Å². The highest BCUT2D eigenvalue weighted by Crippen LogP contribution is 2.35. The molecule has 0 unspecified atom stereocenters. The molecule has 0 radical (unpaired) electrons. The van der Waals surface area contributed by atoms with Crippen molar-refractivity contribution in [1.29, 1.82) is 0 Å². The second-order valence-corrected chi connectivity index (χ2v) is 7.84. The Morgan fingerprint density at radius 3 is 2.77 bits per heavy atom. The first-order valence-corrected chi connectivity index (χ1v) is 9.89. The van der Waals surface area contributed by atoms with Crippen LogP contribution in [0.2, 0.25) is 5.02 Å². The van der Waals surface area contributed by atoms with Gasteiger partial charge in [0.15, 0.2) is 0 Å². The molecule has 6 nitrogen and oxygen atoms in total. The highest BCUT2D eigenvalue weighted by atomic mass is 79.9. The van der Waals surface area contributed by atoms with Crippen LogP contribution in [0.1, 0.15) is 22.6 Å². The minimum absolute atomic E-state index is 0.00502. The number of hydrogen-bond donors (Lipinski definition) is 1. The van der Waals surface area contributed by atoms with Gasteiger partial charge in [-0.25, -0.2) is 14.5 Å². The van der Waals surface area contributed by atoms with Crippen LogP contribution in [0.25, 0.3) is 0 Å². The van der Waals surface area contributed by atoms with E-state index in [4.69, 9.17) is 11.6 Å². The Morgan fingerprint density at radius 2 is 2.03 bits per heavy atom. The second-order valence-electron chi connectivity index (χ2n) is 6.71. The van der Waals surface area contributed by atoms with Gasteiger partial charge in [0, 0.05) is 19.5 Å². The molecule has 1 aliphatic heterocycles. The van der Waals surface area contributed by atoms with E-state index in [0.717, 1.165) is 12.1 Å². The van der Waals surface area contributed by atoms with Gasteiger partial charge in [-0.15, -0.1) is 0 Å². The first-order chi connectivity index (χ1) is 14.1. The van der Waals surface area contributed by atoms with Crippen LogP contribution >= 0.6 is 27.5 Å². The highest BCUT2D eigenvalue weighted by Gasteiger charge is 2.34. The summed E-state index contributed by atoms with van der Waals surface area (Å²) in [5.74, 6) is -0.352. The average molecular weight is 507 g/mol. The van der Waals surface area contributed by atoms with Crippen molar-refractivity contribution in [3.63, 3.8) is 0 Å². The summed E-state index contributed by atoms with van der Waals surface area (Å²) in [6.07, 6.45) is -3.31. The summed E-state index contributed by atoms with van der Waals surface area (Å²) >= 11 is 9.40. The zero-order valence-electron chi connectivity index (χ0n) is 15.1. The molecule has 2 aromatic heterocycles. The molecule has 1 aliphatic rings. The van der Waals surface area contributed by atoms with Crippen molar-refractivity contribution in [2.75, 3.05) is 11.4 Å². The molecule has 30 heavy (non-hydrogen) atoms. The number of nitrogens with zero attached hydrogens (tertiary/aromatic N) is 4. The van der Waals surface area contributed by atoms with Crippen molar-refractivity contribution in [2.24, 2.45) is 0 Å². The number of alkyl halides is 3. The first-order valence-electron chi connectivity index (χ1n) is 8.72. The fourth-order valence-electron chi connectivity index (χ4n) is 3.48. The summed E-state index contributed by atoms with van der Waals surface area (Å²) in [7, 11) is 0. The molecule has 4 rings (SSSR count). The smallest absolute Gasteiger partial charge is 0.360 e. The lowest BCUT2D eigenvalue weighted by Gasteiger charge is -2.30. The molecule has 0 atom stereocenters. The van der Waals surface area contributed by atoms with Crippen molar-refractivity contribution in [2.45, 2.75) is 25.7 Å². The van der Waals surface area contributed by atoms with Crippen molar-refractivity contribution >= 4 is 33.2 Å². The lowest BCUT2D eigenvalue weighted by atomic mass is 10.0. The van der Waals surface area contributed by atoms with Crippen LogP contribution in [-0.2, 0) is 25.7 Å². The molecule has 0 spiro atoms. The number of hydrogen-bond acceptors (Lipinski definition) is 4. The van der Waals surface area contributed by atoms with Crippen molar-refractivity contribution in [1.82, 2.24) is 19.7 Å². The van der Waals surface area contributed by atoms with E-state index in [9.17, 15) is 22.4 Å². The number of rotatable bonds is 3. The maximum Gasteiger partial charge on any atom is 0.416 e. The van der Waals surface area contributed by atoms with Crippen LogP contribution in [0.15, 0.2) is 33.8 Å². The van der Waals surface area contributed by atoms with E-state index >= 15 is 0 Å².